The van der Waals surface area contributed by atoms with Crippen LogP contribution in [-0.4, -0.2) is 37.0 Å². The highest BCUT2D eigenvalue weighted by Gasteiger charge is 2.20. The van der Waals surface area contributed by atoms with Gasteiger partial charge in [-0.25, -0.2) is 8.42 Å². The zero-order valence-electron chi connectivity index (χ0n) is 13.4. The molecule has 0 aliphatic heterocycles. The smallest absolute Gasteiger partial charge is 0.221 e. The number of hydrogen-bond acceptors (Lipinski definition) is 3. The quantitative estimate of drug-likeness (QED) is 0.860. The van der Waals surface area contributed by atoms with Gasteiger partial charge in [0.1, 0.15) is 0 Å². The van der Waals surface area contributed by atoms with E-state index < -0.39 is 10.0 Å². The Morgan fingerprint density at radius 3 is 2.36 bits per heavy atom. The van der Waals surface area contributed by atoms with Crippen LogP contribution in [0.25, 0.3) is 0 Å². The molecule has 0 aliphatic carbocycles. The highest BCUT2D eigenvalue weighted by Crippen LogP contribution is 2.18. The van der Waals surface area contributed by atoms with Gasteiger partial charge in [0.25, 0.3) is 0 Å². The summed E-state index contributed by atoms with van der Waals surface area (Å²) in [6.07, 6.45) is 1.24. The summed E-state index contributed by atoms with van der Waals surface area (Å²) in [6, 6.07) is 7.07. The van der Waals surface area contributed by atoms with Crippen molar-refractivity contribution in [1.82, 2.24) is 9.62 Å². The molecule has 0 radical (unpaired) electrons. The lowest BCUT2D eigenvalue weighted by Crippen LogP contribution is -2.42. The Bertz CT molecular complexity index is 624. The Hall–Kier alpha value is -1.11. The molecule has 1 rings (SSSR count). The van der Waals surface area contributed by atoms with Gasteiger partial charge >= 0.3 is 0 Å². The molecule has 0 fully saturated rings. The van der Waals surface area contributed by atoms with Gasteiger partial charge in [0.2, 0.25) is 15.9 Å². The number of nitrogens with zero attached hydrogens (tertiary/aromatic N) is 1. The largest absolute Gasteiger partial charge is 0.351 e. The summed E-state index contributed by atoms with van der Waals surface area (Å²) in [7, 11) is -3.42. The van der Waals surface area contributed by atoms with Crippen LogP contribution in [0.1, 0.15) is 32.8 Å². The first kappa shape index (κ1) is 18.9. The summed E-state index contributed by atoms with van der Waals surface area (Å²) in [5.41, 5.74) is 0.376. The Labute approximate surface area is 137 Å². The number of sulfonamides is 1. The number of carbonyl (C=O) groups excluding carboxylic acids is 1. The summed E-state index contributed by atoms with van der Waals surface area (Å²) >= 11 is 6.07. The van der Waals surface area contributed by atoms with Crippen molar-refractivity contribution in [3.05, 3.63) is 34.9 Å². The maximum absolute atomic E-state index is 11.9. The van der Waals surface area contributed by atoms with Crippen molar-refractivity contribution in [2.45, 2.75) is 39.3 Å². The van der Waals surface area contributed by atoms with Crippen molar-refractivity contribution in [3.8, 4) is 0 Å². The molecule has 1 N–H and O–H groups in total. The number of nitrogens with one attached hydrogen (secondary N) is 1. The highest BCUT2D eigenvalue weighted by molar-refractivity contribution is 7.88. The molecule has 0 aromatic heterocycles. The molecule has 0 heterocycles. The Balaban J connectivity index is 2.75. The maximum atomic E-state index is 11.9. The van der Waals surface area contributed by atoms with Crippen LogP contribution >= 0.6 is 11.6 Å². The molecule has 124 valence electrons. The number of amides is 1. The minimum atomic E-state index is -3.42. The van der Waals surface area contributed by atoms with Crippen molar-refractivity contribution in [2.75, 3.05) is 12.8 Å². The fourth-order valence-electron chi connectivity index (χ4n) is 1.89. The van der Waals surface area contributed by atoms with Crippen LogP contribution in [0.15, 0.2) is 24.3 Å². The average molecular weight is 347 g/mol. The monoisotopic (exact) mass is 346 g/mol. The zero-order valence-corrected chi connectivity index (χ0v) is 15.0. The van der Waals surface area contributed by atoms with Crippen molar-refractivity contribution in [3.63, 3.8) is 0 Å². The molecule has 1 aromatic rings. The number of benzene rings is 1. The standard InChI is InChI=1S/C15H23ClN2O3S/c1-15(2,3)17-14(19)9-10-18(22(4,20)21)11-12-7-5-6-8-13(12)16/h5-8H,9-11H2,1-4H3,(H,17,19). The Morgan fingerprint density at radius 2 is 1.86 bits per heavy atom. The molecule has 1 amide bonds. The van der Waals surface area contributed by atoms with Crippen LogP contribution in [0.4, 0.5) is 0 Å². The topological polar surface area (TPSA) is 66.5 Å². The number of hydrogen-bond donors (Lipinski definition) is 1. The summed E-state index contributed by atoms with van der Waals surface area (Å²) in [4.78, 5) is 11.9. The predicted octanol–water partition coefficient (Wildman–Crippen LogP) is 2.41. The van der Waals surface area contributed by atoms with Crippen molar-refractivity contribution >= 4 is 27.5 Å². The van der Waals surface area contributed by atoms with Gasteiger partial charge in [0.05, 0.1) is 6.26 Å². The van der Waals surface area contributed by atoms with Crippen molar-refractivity contribution in [2.24, 2.45) is 0 Å². The van der Waals surface area contributed by atoms with E-state index in [1.165, 1.54) is 4.31 Å². The predicted molar refractivity (Wildman–Crippen MR) is 89.2 cm³/mol. The number of carbonyl (C=O) groups is 1. The summed E-state index contributed by atoms with van der Waals surface area (Å²) in [5.74, 6) is -0.180. The lowest BCUT2D eigenvalue weighted by atomic mass is 10.1. The molecular weight excluding hydrogens is 324 g/mol. The van der Waals surface area contributed by atoms with Crippen LogP contribution in [0.3, 0.4) is 0 Å². The highest BCUT2D eigenvalue weighted by atomic mass is 35.5. The van der Waals surface area contributed by atoms with E-state index >= 15 is 0 Å². The van der Waals surface area contributed by atoms with Gasteiger partial charge in [-0.3, -0.25) is 4.79 Å². The molecule has 0 saturated heterocycles. The van der Waals surface area contributed by atoms with E-state index in [9.17, 15) is 13.2 Å². The average Bonchev–Trinajstić information content (AvgIpc) is 2.32. The summed E-state index contributed by atoms with van der Waals surface area (Å²) in [6.45, 7) is 5.90. The minimum absolute atomic E-state index is 0.106. The lowest BCUT2D eigenvalue weighted by Gasteiger charge is -2.23. The van der Waals surface area contributed by atoms with E-state index in [1.54, 1.807) is 24.3 Å². The van der Waals surface area contributed by atoms with Gasteiger partial charge in [0, 0.05) is 30.1 Å². The molecule has 22 heavy (non-hydrogen) atoms. The lowest BCUT2D eigenvalue weighted by molar-refractivity contribution is -0.122. The first-order chi connectivity index (χ1) is 9.99. The normalized spacial score (nSPS) is 12.5. The summed E-state index contributed by atoms with van der Waals surface area (Å²) in [5, 5.41) is 3.32. The molecule has 0 saturated carbocycles. The molecule has 1 aromatic carbocycles. The second kappa shape index (κ2) is 7.44. The van der Waals surface area contributed by atoms with E-state index in [0.29, 0.717) is 10.6 Å². The number of rotatable bonds is 6. The van der Waals surface area contributed by atoms with E-state index in [4.69, 9.17) is 11.6 Å². The Morgan fingerprint density at radius 1 is 1.27 bits per heavy atom. The fraction of sp³-hybridized carbons (Fsp3) is 0.533. The molecule has 7 heteroatoms. The molecular formula is C15H23ClN2O3S. The SMILES string of the molecule is CC(C)(C)NC(=O)CCN(Cc1ccccc1Cl)S(C)(=O)=O. The molecule has 0 unspecified atom stereocenters. The van der Waals surface area contributed by atoms with Gasteiger partial charge in [-0.2, -0.15) is 4.31 Å². The van der Waals surface area contributed by atoms with Crippen molar-refractivity contribution < 1.29 is 13.2 Å². The summed E-state index contributed by atoms with van der Waals surface area (Å²) < 4.78 is 25.1. The van der Waals surface area contributed by atoms with E-state index in [1.807, 2.05) is 20.8 Å². The second-order valence-corrected chi connectivity index (χ2v) is 8.63. The van der Waals surface area contributed by atoms with Gasteiger partial charge < -0.3 is 5.32 Å². The maximum Gasteiger partial charge on any atom is 0.221 e. The van der Waals surface area contributed by atoms with Gasteiger partial charge in [-0.15, -0.1) is 0 Å². The second-order valence-electron chi connectivity index (χ2n) is 6.24. The molecule has 0 aliphatic rings. The van der Waals surface area contributed by atoms with Crippen LogP contribution in [-0.2, 0) is 21.4 Å². The number of halogens is 1. The zero-order chi connectivity index (χ0) is 17.0. The third-order valence-electron chi connectivity index (χ3n) is 2.88. The minimum Gasteiger partial charge on any atom is -0.351 e. The molecule has 0 atom stereocenters. The third kappa shape index (κ3) is 6.77. The fourth-order valence-corrected chi connectivity index (χ4v) is 2.88. The van der Waals surface area contributed by atoms with E-state index in [2.05, 4.69) is 5.32 Å². The van der Waals surface area contributed by atoms with Crippen LogP contribution in [0.2, 0.25) is 5.02 Å². The van der Waals surface area contributed by atoms with Gasteiger partial charge in [-0.1, -0.05) is 29.8 Å². The van der Waals surface area contributed by atoms with E-state index in [0.717, 1.165) is 6.26 Å². The molecule has 0 bridgehead atoms. The van der Waals surface area contributed by atoms with Crippen LogP contribution in [0.5, 0.6) is 0 Å². The van der Waals surface area contributed by atoms with Gasteiger partial charge in [-0.05, 0) is 32.4 Å². The van der Waals surface area contributed by atoms with E-state index in [-0.39, 0.29) is 31.0 Å². The van der Waals surface area contributed by atoms with Crippen LogP contribution in [0, 0.1) is 0 Å². The molecule has 0 spiro atoms. The third-order valence-corrected chi connectivity index (χ3v) is 4.49. The van der Waals surface area contributed by atoms with Crippen LogP contribution < -0.4 is 5.32 Å². The Kier molecular flexibility index (Phi) is 6.40. The first-order valence-electron chi connectivity index (χ1n) is 6.98. The van der Waals surface area contributed by atoms with Gasteiger partial charge in [0.15, 0.2) is 0 Å². The molecule has 5 nitrogen and oxygen atoms in total. The first-order valence-corrected chi connectivity index (χ1v) is 9.21. The van der Waals surface area contributed by atoms with Crippen molar-refractivity contribution in [1.29, 1.82) is 0 Å².